The molecule has 0 radical (unpaired) electrons. The first-order valence-corrected chi connectivity index (χ1v) is 5.94. The van der Waals surface area contributed by atoms with Gasteiger partial charge in [0.25, 0.3) is 0 Å². The molecule has 0 saturated heterocycles. The monoisotopic (exact) mass is 224 g/mol. The minimum atomic E-state index is 0.526. The van der Waals surface area contributed by atoms with Crippen LogP contribution < -0.4 is 0 Å². The molecular formula is C13H24N2O. The topological polar surface area (TPSA) is 67.9 Å². The quantitative estimate of drug-likeness (QED) is 0.631. The lowest BCUT2D eigenvalue weighted by Crippen LogP contribution is -2.10. The molecule has 3 nitrogen and oxygen atoms in total. The minimum Gasteiger partial charge on any atom is -0.400 e. The lowest BCUT2D eigenvalue weighted by Gasteiger charge is -2.20. The maximum Gasteiger partial charge on any atom is 0.0319 e. The molecular weight excluding hydrogens is 200 g/mol. The van der Waals surface area contributed by atoms with Crippen molar-refractivity contribution in [3.63, 3.8) is 0 Å². The SMILES string of the molecule is CC(=N)/C=C\C(=N)CC1CCCCC1.CO. The Morgan fingerprint density at radius 2 is 1.69 bits per heavy atom. The van der Waals surface area contributed by atoms with Crippen LogP contribution in [0.3, 0.4) is 0 Å². The molecule has 1 rings (SSSR count). The van der Waals surface area contributed by atoms with Crippen molar-refractivity contribution in [3.05, 3.63) is 12.2 Å². The van der Waals surface area contributed by atoms with Gasteiger partial charge in [-0.25, -0.2) is 0 Å². The average molecular weight is 224 g/mol. The highest BCUT2D eigenvalue weighted by atomic mass is 16.2. The van der Waals surface area contributed by atoms with E-state index in [1.807, 2.05) is 0 Å². The van der Waals surface area contributed by atoms with Gasteiger partial charge in [-0.2, -0.15) is 0 Å². The zero-order valence-corrected chi connectivity index (χ0v) is 10.4. The third kappa shape index (κ3) is 7.35. The number of rotatable bonds is 4. The summed E-state index contributed by atoms with van der Waals surface area (Å²) in [6.07, 6.45) is 11.0. The van der Waals surface area contributed by atoms with Crippen molar-refractivity contribution in [2.75, 3.05) is 7.11 Å². The van der Waals surface area contributed by atoms with E-state index in [2.05, 4.69) is 0 Å². The van der Waals surface area contributed by atoms with Crippen molar-refractivity contribution in [1.82, 2.24) is 0 Å². The Bertz CT molecular complexity index is 240. The van der Waals surface area contributed by atoms with Crippen molar-refractivity contribution in [2.45, 2.75) is 45.4 Å². The molecule has 0 atom stereocenters. The van der Waals surface area contributed by atoms with Gasteiger partial charge in [0, 0.05) is 18.5 Å². The van der Waals surface area contributed by atoms with E-state index in [0.29, 0.717) is 11.4 Å². The number of nitrogens with one attached hydrogen (secondary N) is 2. The van der Waals surface area contributed by atoms with Gasteiger partial charge in [0.05, 0.1) is 0 Å². The normalized spacial score (nSPS) is 16.7. The zero-order valence-electron chi connectivity index (χ0n) is 10.4. The molecule has 0 heterocycles. The Morgan fingerprint density at radius 1 is 1.12 bits per heavy atom. The predicted octanol–water partition coefficient (Wildman–Crippen LogP) is 3.18. The molecule has 1 fully saturated rings. The van der Waals surface area contributed by atoms with E-state index in [1.54, 1.807) is 19.1 Å². The Balaban J connectivity index is 0.00000106. The lowest BCUT2D eigenvalue weighted by atomic mass is 9.85. The summed E-state index contributed by atoms with van der Waals surface area (Å²) in [6.45, 7) is 1.74. The van der Waals surface area contributed by atoms with Crippen LogP contribution >= 0.6 is 0 Å². The van der Waals surface area contributed by atoms with E-state index in [0.717, 1.165) is 19.4 Å². The first kappa shape index (κ1) is 15.0. The van der Waals surface area contributed by atoms with Gasteiger partial charge in [0.2, 0.25) is 0 Å². The first-order valence-electron chi connectivity index (χ1n) is 5.94. The Kier molecular flexibility index (Phi) is 8.72. The van der Waals surface area contributed by atoms with Crippen LogP contribution in [-0.4, -0.2) is 23.6 Å². The van der Waals surface area contributed by atoms with Gasteiger partial charge in [-0.05, 0) is 31.4 Å². The van der Waals surface area contributed by atoms with Gasteiger partial charge in [0.15, 0.2) is 0 Å². The molecule has 0 aromatic heterocycles. The average Bonchev–Trinajstić information content (AvgIpc) is 2.30. The minimum absolute atomic E-state index is 0.526. The first-order chi connectivity index (χ1) is 7.68. The predicted molar refractivity (Wildman–Crippen MR) is 69.6 cm³/mol. The highest BCUT2D eigenvalue weighted by Crippen LogP contribution is 2.26. The molecule has 1 saturated carbocycles. The number of aliphatic hydroxyl groups excluding tert-OH is 1. The second-order valence-corrected chi connectivity index (χ2v) is 4.25. The molecule has 3 N–H and O–H groups in total. The molecule has 0 aromatic carbocycles. The third-order valence-electron chi connectivity index (χ3n) is 2.77. The highest BCUT2D eigenvalue weighted by Gasteiger charge is 2.13. The van der Waals surface area contributed by atoms with Crippen molar-refractivity contribution in [3.8, 4) is 0 Å². The van der Waals surface area contributed by atoms with Crippen LogP contribution in [0, 0.1) is 16.7 Å². The van der Waals surface area contributed by atoms with E-state index in [9.17, 15) is 0 Å². The third-order valence-corrected chi connectivity index (χ3v) is 2.77. The number of hydrogen-bond donors (Lipinski definition) is 3. The molecule has 0 amide bonds. The molecule has 0 bridgehead atoms. The maximum absolute atomic E-state index is 7.73. The fourth-order valence-corrected chi connectivity index (χ4v) is 2.00. The summed E-state index contributed by atoms with van der Waals surface area (Å²) in [7, 11) is 1.00. The van der Waals surface area contributed by atoms with E-state index in [-0.39, 0.29) is 0 Å². The van der Waals surface area contributed by atoms with Crippen LogP contribution in [0.15, 0.2) is 12.2 Å². The molecule has 3 heteroatoms. The smallest absolute Gasteiger partial charge is 0.0319 e. The number of aliphatic hydroxyl groups is 1. The van der Waals surface area contributed by atoms with Crippen LogP contribution in [0.4, 0.5) is 0 Å². The standard InChI is InChI=1S/C12H20N2.CH4O/c1-10(13)7-8-12(14)9-11-5-3-2-4-6-11;1-2/h7-8,11,13-14H,2-6,9H2,1H3;2H,1H3/b8-7-,13-10?,14-12?;. The summed E-state index contributed by atoms with van der Waals surface area (Å²) in [4.78, 5) is 0. The van der Waals surface area contributed by atoms with Gasteiger partial charge < -0.3 is 15.9 Å². The van der Waals surface area contributed by atoms with E-state index >= 15 is 0 Å². The maximum atomic E-state index is 7.73. The van der Waals surface area contributed by atoms with Gasteiger partial charge in [-0.15, -0.1) is 0 Å². The molecule has 1 aliphatic carbocycles. The van der Waals surface area contributed by atoms with E-state index in [4.69, 9.17) is 15.9 Å². The lowest BCUT2D eigenvalue weighted by molar-refractivity contribution is 0.368. The van der Waals surface area contributed by atoms with Crippen molar-refractivity contribution < 1.29 is 5.11 Å². The highest BCUT2D eigenvalue weighted by molar-refractivity contribution is 6.00. The van der Waals surface area contributed by atoms with Gasteiger partial charge in [-0.1, -0.05) is 32.1 Å². The number of hydrogen-bond acceptors (Lipinski definition) is 3. The summed E-state index contributed by atoms with van der Waals surface area (Å²) in [5.41, 5.74) is 1.21. The van der Waals surface area contributed by atoms with Crippen molar-refractivity contribution in [1.29, 1.82) is 10.8 Å². The van der Waals surface area contributed by atoms with Gasteiger partial charge in [0.1, 0.15) is 0 Å². The molecule has 0 unspecified atom stereocenters. The van der Waals surface area contributed by atoms with Crippen molar-refractivity contribution in [2.24, 2.45) is 5.92 Å². The van der Waals surface area contributed by atoms with Gasteiger partial charge in [-0.3, -0.25) is 0 Å². The second-order valence-electron chi connectivity index (χ2n) is 4.25. The molecule has 1 aliphatic rings. The zero-order chi connectivity index (χ0) is 12.4. The summed E-state index contributed by atoms with van der Waals surface area (Å²) >= 11 is 0. The fraction of sp³-hybridized carbons (Fsp3) is 0.692. The van der Waals surface area contributed by atoms with Crippen LogP contribution in [0.1, 0.15) is 45.4 Å². The Labute approximate surface area is 98.6 Å². The molecule has 0 spiro atoms. The van der Waals surface area contributed by atoms with E-state index in [1.165, 1.54) is 32.1 Å². The molecule has 0 aliphatic heterocycles. The second kappa shape index (κ2) is 9.28. The van der Waals surface area contributed by atoms with Crippen LogP contribution in [0.25, 0.3) is 0 Å². The largest absolute Gasteiger partial charge is 0.400 e. The van der Waals surface area contributed by atoms with Crippen LogP contribution in [0.2, 0.25) is 0 Å². The molecule has 92 valence electrons. The fourth-order valence-electron chi connectivity index (χ4n) is 2.00. The summed E-state index contributed by atoms with van der Waals surface area (Å²) in [5, 5.41) is 22.0. The van der Waals surface area contributed by atoms with E-state index < -0.39 is 0 Å². The molecule has 0 aromatic rings. The van der Waals surface area contributed by atoms with Gasteiger partial charge >= 0.3 is 0 Å². The van der Waals surface area contributed by atoms with Crippen LogP contribution in [-0.2, 0) is 0 Å². The number of allylic oxidation sites excluding steroid dienone is 2. The Hall–Kier alpha value is -0.960. The van der Waals surface area contributed by atoms with Crippen LogP contribution in [0.5, 0.6) is 0 Å². The summed E-state index contributed by atoms with van der Waals surface area (Å²) in [6, 6.07) is 0. The summed E-state index contributed by atoms with van der Waals surface area (Å²) < 4.78 is 0. The summed E-state index contributed by atoms with van der Waals surface area (Å²) in [5.74, 6) is 0.729. The molecule has 16 heavy (non-hydrogen) atoms. The van der Waals surface area contributed by atoms with Crippen molar-refractivity contribution >= 4 is 11.4 Å². The Morgan fingerprint density at radius 3 is 2.19 bits per heavy atom.